The average Bonchev–Trinajstić information content (AvgIpc) is 2.64. The number of nitrogens with zero attached hydrogens (tertiary/aromatic N) is 4. The van der Waals surface area contributed by atoms with E-state index < -0.39 is 0 Å². The van der Waals surface area contributed by atoms with Crippen LogP contribution < -0.4 is 0 Å². The summed E-state index contributed by atoms with van der Waals surface area (Å²) in [6.07, 6.45) is 6.25. The number of benzene rings is 1. The average molecular weight is 336 g/mol. The lowest BCUT2D eigenvalue weighted by Crippen LogP contribution is -2.26. The second-order valence-corrected chi connectivity index (χ2v) is 6.06. The van der Waals surface area contributed by atoms with Gasteiger partial charge in [-0.05, 0) is 36.8 Å². The third-order valence-corrected chi connectivity index (χ3v) is 3.95. The SMILES string of the molecule is Cc1cnc(CN(CCc2ccccn2)Cc2ccc(F)cc2)cn1. The first-order valence-corrected chi connectivity index (χ1v) is 8.33. The second-order valence-electron chi connectivity index (χ2n) is 6.06. The maximum absolute atomic E-state index is 13.1. The summed E-state index contributed by atoms with van der Waals surface area (Å²) in [5.74, 6) is -0.215. The monoisotopic (exact) mass is 336 g/mol. The molecule has 0 saturated heterocycles. The van der Waals surface area contributed by atoms with E-state index in [4.69, 9.17) is 0 Å². The molecule has 0 bridgehead atoms. The van der Waals surface area contributed by atoms with Crippen molar-refractivity contribution in [3.05, 3.63) is 89.5 Å². The fourth-order valence-electron chi connectivity index (χ4n) is 2.61. The van der Waals surface area contributed by atoms with Crippen LogP contribution in [0.1, 0.15) is 22.6 Å². The minimum Gasteiger partial charge on any atom is -0.293 e. The summed E-state index contributed by atoms with van der Waals surface area (Å²) in [6, 6.07) is 12.6. The van der Waals surface area contributed by atoms with Gasteiger partial charge in [0.25, 0.3) is 0 Å². The molecule has 0 saturated carbocycles. The molecule has 4 nitrogen and oxygen atoms in total. The molecular weight excluding hydrogens is 315 g/mol. The molecule has 1 aromatic carbocycles. The zero-order valence-electron chi connectivity index (χ0n) is 14.3. The first kappa shape index (κ1) is 17.2. The fourth-order valence-corrected chi connectivity index (χ4v) is 2.61. The molecule has 0 aliphatic carbocycles. The van der Waals surface area contributed by atoms with Crippen molar-refractivity contribution in [1.82, 2.24) is 19.9 Å². The maximum Gasteiger partial charge on any atom is 0.123 e. The van der Waals surface area contributed by atoms with Crippen LogP contribution in [0.25, 0.3) is 0 Å². The van der Waals surface area contributed by atoms with E-state index in [0.717, 1.165) is 42.2 Å². The molecule has 3 rings (SSSR count). The van der Waals surface area contributed by atoms with Gasteiger partial charge >= 0.3 is 0 Å². The highest BCUT2D eigenvalue weighted by molar-refractivity contribution is 5.16. The highest BCUT2D eigenvalue weighted by Crippen LogP contribution is 2.11. The van der Waals surface area contributed by atoms with Crippen molar-refractivity contribution in [3.63, 3.8) is 0 Å². The first-order chi connectivity index (χ1) is 12.2. The van der Waals surface area contributed by atoms with Crippen LogP contribution in [0.2, 0.25) is 0 Å². The second kappa shape index (κ2) is 8.44. The topological polar surface area (TPSA) is 41.9 Å². The highest BCUT2D eigenvalue weighted by Gasteiger charge is 2.09. The van der Waals surface area contributed by atoms with Crippen LogP contribution in [0.3, 0.4) is 0 Å². The summed E-state index contributed by atoms with van der Waals surface area (Å²) in [7, 11) is 0. The fraction of sp³-hybridized carbons (Fsp3) is 0.250. The zero-order chi connectivity index (χ0) is 17.5. The Bertz CT molecular complexity index is 726. The van der Waals surface area contributed by atoms with Crippen molar-refractivity contribution >= 4 is 0 Å². The minimum atomic E-state index is -0.215. The number of aromatic nitrogens is 3. The Hall–Kier alpha value is -2.66. The molecule has 0 spiro atoms. The Morgan fingerprint density at radius 2 is 1.72 bits per heavy atom. The summed E-state index contributed by atoms with van der Waals surface area (Å²) in [5, 5.41) is 0. The molecule has 0 aliphatic rings. The summed E-state index contributed by atoms with van der Waals surface area (Å²) in [4.78, 5) is 15.4. The van der Waals surface area contributed by atoms with Gasteiger partial charge in [0.05, 0.1) is 11.4 Å². The summed E-state index contributed by atoms with van der Waals surface area (Å²) in [6.45, 7) is 4.18. The maximum atomic E-state index is 13.1. The van der Waals surface area contributed by atoms with Crippen LogP contribution in [0.5, 0.6) is 0 Å². The lowest BCUT2D eigenvalue weighted by molar-refractivity contribution is 0.255. The molecule has 5 heteroatoms. The van der Waals surface area contributed by atoms with E-state index in [-0.39, 0.29) is 5.82 Å². The Morgan fingerprint density at radius 3 is 2.40 bits per heavy atom. The first-order valence-electron chi connectivity index (χ1n) is 8.33. The van der Waals surface area contributed by atoms with E-state index in [0.29, 0.717) is 6.54 Å². The molecule has 0 atom stereocenters. The molecule has 0 fully saturated rings. The lowest BCUT2D eigenvalue weighted by atomic mass is 10.2. The van der Waals surface area contributed by atoms with Crippen molar-refractivity contribution in [1.29, 1.82) is 0 Å². The number of hydrogen-bond donors (Lipinski definition) is 0. The van der Waals surface area contributed by atoms with Gasteiger partial charge in [0.1, 0.15) is 5.82 Å². The third kappa shape index (κ3) is 5.43. The van der Waals surface area contributed by atoms with Gasteiger partial charge in [-0.15, -0.1) is 0 Å². The summed E-state index contributed by atoms with van der Waals surface area (Å²) < 4.78 is 13.1. The van der Waals surface area contributed by atoms with Crippen molar-refractivity contribution < 1.29 is 4.39 Å². The third-order valence-electron chi connectivity index (χ3n) is 3.95. The van der Waals surface area contributed by atoms with Crippen LogP contribution in [-0.2, 0) is 19.5 Å². The Morgan fingerprint density at radius 1 is 0.880 bits per heavy atom. The van der Waals surface area contributed by atoms with E-state index in [2.05, 4.69) is 19.9 Å². The van der Waals surface area contributed by atoms with Gasteiger partial charge in [0, 0.05) is 50.3 Å². The van der Waals surface area contributed by atoms with Gasteiger partial charge in [-0.2, -0.15) is 0 Å². The van der Waals surface area contributed by atoms with Crippen LogP contribution in [0.15, 0.2) is 61.1 Å². The Labute approximate surface area is 147 Å². The van der Waals surface area contributed by atoms with E-state index in [9.17, 15) is 4.39 Å². The number of hydrogen-bond acceptors (Lipinski definition) is 4. The van der Waals surface area contributed by atoms with E-state index in [1.165, 1.54) is 12.1 Å². The van der Waals surface area contributed by atoms with Crippen LogP contribution >= 0.6 is 0 Å². The normalized spacial score (nSPS) is 11.0. The largest absolute Gasteiger partial charge is 0.293 e. The minimum absolute atomic E-state index is 0.215. The number of halogens is 1. The molecular formula is C20H21FN4. The smallest absolute Gasteiger partial charge is 0.123 e. The van der Waals surface area contributed by atoms with Crippen LogP contribution in [0.4, 0.5) is 4.39 Å². The molecule has 0 unspecified atom stereocenters. The quantitative estimate of drug-likeness (QED) is 0.661. The number of pyridine rings is 1. The summed E-state index contributed by atoms with van der Waals surface area (Å²) in [5.41, 5.74) is 3.96. The van der Waals surface area contributed by atoms with Crippen molar-refractivity contribution in [3.8, 4) is 0 Å². The molecule has 128 valence electrons. The van der Waals surface area contributed by atoms with Gasteiger partial charge in [-0.25, -0.2) is 4.39 Å². The van der Waals surface area contributed by atoms with Crippen LogP contribution in [0, 0.1) is 12.7 Å². The Balaban J connectivity index is 1.70. The molecule has 0 aliphatic heterocycles. The van der Waals surface area contributed by atoms with E-state index in [1.807, 2.05) is 49.6 Å². The molecule has 25 heavy (non-hydrogen) atoms. The lowest BCUT2D eigenvalue weighted by Gasteiger charge is -2.22. The summed E-state index contributed by atoms with van der Waals surface area (Å²) >= 11 is 0. The van der Waals surface area contributed by atoms with Gasteiger partial charge in [0.15, 0.2) is 0 Å². The molecule has 0 N–H and O–H groups in total. The highest BCUT2D eigenvalue weighted by atomic mass is 19.1. The van der Waals surface area contributed by atoms with Crippen molar-refractivity contribution in [2.24, 2.45) is 0 Å². The molecule has 3 aromatic rings. The van der Waals surface area contributed by atoms with E-state index in [1.54, 1.807) is 6.20 Å². The molecule has 0 radical (unpaired) electrons. The predicted molar refractivity (Wildman–Crippen MR) is 95.2 cm³/mol. The number of aryl methyl sites for hydroxylation is 1. The van der Waals surface area contributed by atoms with Gasteiger partial charge in [0.2, 0.25) is 0 Å². The van der Waals surface area contributed by atoms with Crippen LogP contribution in [-0.4, -0.2) is 26.4 Å². The molecule has 0 amide bonds. The van der Waals surface area contributed by atoms with Crippen molar-refractivity contribution in [2.75, 3.05) is 6.54 Å². The predicted octanol–water partition coefficient (Wildman–Crippen LogP) is 3.56. The van der Waals surface area contributed by atoms with Gasteiger partial charge in [-0.3, -0.25) is 19.9 Å². The Kier molecular flexibility index (Phi) is 5.80. The zero-order valence-corrected chi connectivity index (χ0v) is 14.3. The van der Waals surface area contributed by atoms with Gasteiger partial charge < -0.3 is 0 Å². The number of rotatable bonds is 7. The van der Waals surface area contributed by atoms with Crippen molar-refractivity contribution in [2.45, 2.75) is 26.4 Å². The van der Waals surface area contributed by atoms with E-state index >= 15 is 0 Å². The van der Waals surface area contributed by atoms with Gasteiger partial charge in [-0.1, -0.05) is 18.2 Å². The standard InChI is InChI=1S/C20H21FN4/c1-16-12-24-20(13-23-16)15-25(11-9-19-4-2-3-10-22-19)14-17-5-7-18(21)8-6-17/h2-8,10,12-13H,9,11,14-15H2,1H3. The molecule has 2 heterocycles. The molecule has 2 aromatic heterocycles.